The third-order valence-electron chi connectivity index (χ3n) is 5.58. The van der Waals surface area contributed by atoms with Crippen molar-refractivity contribution in [3.63, 3.8) is 0 Å². The SMILES string of the molecule is O=C1S/C(=C/c2ccc(OCc3ccc(F)cc3)cc2)C(=O)N1Cc1cccc2ccccc12. The normalized spacial score (nSPS) is 14.9. The monoisotopic (exact) mass is 469 g/mol. The van der Waals surface area contributed by atoms with Crippen LogP contribution in [0.15, 0.2) is 95.9 Å². The molecule has 4 aromatic carbocycles. The Morgan fingerprint density at radius 2 is 1.59 bits per heavy atom. The number of fused-ring (bicyclic) bond motifs is 1. The van der Waals surface area contributed by atoms with Crippen LogP contribution in [0, 0.1) is 5.82 Å². The third-order valence-corrected chi connectivity index (χ3v) is 6.49. The molecule has 5 rings (SSSR count). The molecular formula is C28H20FNO3S. The average Bonchev–Trinajstić information content (AvgIpc) is 3.12. The van der Waals surface area contributed by atoms with Crippen LogP contribution in [-0.2, 0) is 17.9 Å². The predicted octanol–water partition coefficient (Wildman–Crippen LogP) is 6.79. The zero-order valence-corrected chi connectivity index (χ0v) is 18.9. The van der Waals surface area contributed by atoms with Crippen LogP contribution in [0.4, 0.5) is 9.18 Å². The molecule has 0 bridgehead atoms. The summed E-state index contributed by atoms with van der Waals surface area (Å²) in [6.45, 7) is 0.562. The van der Waals surface area contributed by atoms with Gasteiger partial charge < -0.3 is 4.74 Å². The number of benzene rings is 4. The standard InChI is InChI=1S/C28H20FNO3S/c29-23-12-8-20(9-13-23)18-33-24-14-10-19(11-15-24)16-26-27(31)30(28(32)34-26)17-22-6-3-5-21-4-1-2-7-25(21)22/h1-16H,17-18H2/b26-16+. The number of carbonyl (C=O) groups is 2. The molecule has 0 saturated carbocycles. The van der Waals surface area contributed by atoms with Crippen molar-refractivity contribution in [1.29, 1.82) is 0 Å². The van der Waals surface area contributed by atoms with Crippen LogP contribution >= 0.6 is 11.8 Å². The van der Waals surface area contributed by atoms with E-state index < -0.39 is 0 Å². The number of carbonyl (C=O) groups excluding carboxylic acids is 2. The highest BCUT2D eigenvalue weighted by Crippen LogP contribution is 2.34. The second-order valence-electron chi connectivity index (χ2n) is 7.89. The Balaban J connectivity index is 1.27. The molecule has 0 spiro atoms. The number of imide groups is 1. The first-order valence-corrected chi connectivity index (χ1v) is 11.6. The highest BCUT2D eigenvalue weighted by Gasteiger charge is 2.35. The Morgan fingerprint density at radius 3 is 2.38 bits per heavy atom. The molecule has 34 heavy (non-hydrogen) atoms. The van der Waals surface area contributed by atoms with E-state index in [9.17, 15) is 14.0 Å². The molecule has 168 valence electrons. The summed E-state index contributed by atoms with van der Waals surface area (Å²) in [5.74, 6) is 0.0831. The van der Waals surface area contributed by atoms with Crippen LogP contribution in [0.2, 0.25) is 0 Å². The lowest BCUT2D eigenvalue weighted by molar-refractivity contribution is -0.123. The van der Waals surface area contributed by atoms with Gasteiger partial charge in [0.15, 0.2) is 0 Å². The van der Waals surface area contributed by atoms with Gasteiger partial charge in [0.25, 0.3) is 11.1 Å². The quantitative estimate of drug-likeness (QED) is 0.292. The van der Waals surface area contributed by atoms with Crippen LogP contribution < -0.4 is 4.74 Å². The summed E-state index contributed by atoms with van der Waals surface area (Å²) in [5.41, 5.74) is 2.60. The number of thioether (sulfide) groups is 1. The summed E-state index contributed by atoms with van der Waals surface area (Å²) < 4.78 is 18.7. The van der Waals surface area contributed by atoms with Gasteiger partial charge in [-0.05, 0) is 69.6 Å². The fourth-order valence-electron chi connectivity index (χ4n) is 3.80. The summed E-state index contributed by atoms with van der Waals surface area (Å²) in [6.07, 6.45) is 1.72. The molecule has 0 aliphatic carbocycles. The molecule has 1 aliphatic rings. The van der Waals surface area contributed by atoms with E-state index in [1.165, 1.54) is 17.0 Å². The topological polar surface area (TPSA) is 46.6 Å². The van der Waals surface area contributed by atoms with Gasteiger partial charge in [0.1, 0.15) is 18.2 Å². The number of hydrogen-bond donors (Lipinski definition) is 0. The van der Waals surface area contributed by atoms with E-state index in [2.05, 4.69) is 0 Å². The molecule has 1 saturated heterocycles. The number of amides is 2. The number of rotatable bonds is 6. The van der Waals surface area contributed by atoms with E-state index in [1.807, 2.05) is 54.6 Å². The van der Waals surface area contributed by atoms with Crippen LogP contribution in [0.5, 0.6) is 5.75 Å². The first-order chi connectivity index (χ1) is 16.6. The maximum Gasteiger partial charge on any atom is 0.293 e. The van der Waals surface area contributed by atoms with Crippen molar-refractivity contribution in [2.45, 2.75) is 13.2 Å². The van der Waals surface area contributed by atoms with E-state index in [1.54, 1.807) is 30.3 Å². The third kappa shape index (κ3) is 4.72. The van der Waals surface area contributed by atoms with Gasteiger partial charge in [0.05, 0.1) is 11.4 Å². The summed E-state index contributed by atoms with van der Waals surface area (Å²) >= 11 is 0.951. The predicted molar refractivity (Wildman–Crippen MR) is 133 cm³/mol. The Bertz CT molecular complexity index is 1390. The Hall–Kier alpha value is -3.90. The smallest absolute Gasteiger partial charge is 0.293 e. The van der Waals surface area contributed by atoms with E-state index in [0.717, 1.165) is 39.2 Å². The van der Waals surface area contributed by atoms with Crippen molar-refractivity contribution in [3.05, 3.63) is 118 Å². The molecule has 4 aromatic rings. The number of ether oxygens (including phenoxy) is 1. The molecule has 2 amide bonds. The van der Waals surface area contributed by atoms with Crippen molar-refractivity contribution in [2.75, 3.05) is 0 Å². The first-order valence-electron chi connectivity index (χ1n) is 10.8. The first kappa shape index (κ1) is 21.9. The largest absolute Gasteiger partial charge is 0.489 e. The number of hydrogen-bond acceptors (Lipinski definition) is 4. The van der Waals surface area contributed by atoms with Crippen molar-refractivity contribution < 1.29 is 18.7 Å². The minimum atomic E-state index is -0.292. The van der Waals surface area contributed by atoms with Crippen LogP contribution in [0.3, 0.4) is 0 Å². The zero-order chi connectivity index (χ0) is 23.5. The summed E-state index contributed by atoms with van der Waals surface area (Å²) in [6, 6.07) is 27.2. The molecule has 0 aromatic heterocycles. The molecule has 4 nitrogen and oxygen atoms in total. The van der Waals surface area contributed by atoms with Crippen molar-refractivity contribution in [1.82, 2.24) is 4.90 Å². The fourth-order valence-corrected chi connectivity index (χ4v) is 4.63. The molecule has 1 fully saturated rings. The maximum absolute atomic E-state index is 13.0. The molecule has 6 heteroatoms. The van der Waals surface area contributed by atoms with Gasteiger partial charge in [0, 0.05) is 0 Å². The zero-order valence-electron chi connectivity index (χ0n) is 18.1. The van der Waals surface area contributed by atoms with E-state index in [-0.39, 0.29) is 23.5 Å². The minimum Gasteiger partial charge on any atom is -0.489 e. The average molecular weight is 470 g/mol. The van der Waals surface area contributed by atoms with Crippen molar-refractivity contribution >= 4 is 39.8 Å². The Labute approximate surface area is 200 Å². The second-order valence-corrected chi connectivity index (χ2v) is 8.88. The minimum absolute atomic E-state index is 0.236. The van der Waals surface area contributed by atoms with Gasteiger partial charge in [-0.15, -0.1) is 0 Å². The van der Waals surface area contributed by atoms with E-state index >= 15 is 0 Å². The second kappa shape index (κ2) is 9.53. The molecule has 1 aliphatic heterocycles. The van der Waals surface area contributed by atoms with Gasteiger partial charge in [-0.2, -0.15) is 0 Å². The fraction of sp³-hybridized carbons (Fsp3) is 0.0714. The molecule has 0 radical (unpaired) electrons. The van der Waals surface area contributed by atoms with Gasteiger partial charge in [-0.3, -0.25) is 14.5 Å². The maximum atomic E-state index is 13.0. The molecule has 1 heterocycles. The lowest BCUT2D eigenvalue weighted by Crippen LogP contribution is -2.27. The van der Waals surface area contributed by atoms with Crippen LogP contribution in [0.25, 0.3) is 16.8 Å². The summed E-state index contributed by atoms with van der Waals surface area (Å²) in [4.78, 5) is 27.3. The Kier molecular flexibility index (Phi) is 6.14. The Morgan fingerprint density at radius 1 is 0.853 bits per heavy atom. The van der Waals surface area contributed by atoms with Gasteiger partial charge >= 0.3 is 0 Å². The highest BCUT2D eigenvalue weighted by molar-refractivity contribution is 8.18. The summed E-state index contributed by atoms with van der Waals surface area (Å²) in [7, 11) is 0. The molecular weight excluding hydrogens is 449 g/mol. The van der Waals surface area contributed by atoms with Gasteiger partial charge in [0.2, 0.25) is 0 Å². The lowest BCUT2D eigenvalue weighted by atomic mass is 10.0. The molecule has 0 N–H and O–H groups in total. The van der Waals surface area contributed by atoms with Gasteiger partial charge in [-0.25, -0.2) is 4.39 Å². The van der Waals surface area contributed by atoms with Crippen LogP contribution in [0.1, 0.15) is 16.7 Å². The van der Waals surface area contributed by atoms with Crippen molar-refractivity contribution in [3.8, 4) is 5.75 Å². The lowest BCUT2D eigenvalue weighted by Gasteiger charge is -2.14. The highest BCUT2D eigenvalue weighted by atomic mass is 32.2. The van der Waals surface area contributed by atoms with Crippen LogP contribution in [-0.4, -0.2) is 16.0 Å². The van der Waals surface area contributed by atoms with E-state index in [4.69, 9.17) is 4.74 Å². The van der Waals surface area contributed by atoms with Gasteiger partial charge in [-0.1, -0.05) is 66.7 Å². The van der Waals surface area contributed by atoms with E-state index in [0.29, 0.717) is 17.3 Å². The summed E-state index contributed by atoms with van der Waals surface area (Å²) in [5, 5.41) is 1.83. The number of halogens is 1. The molecule has 0 unspecified atom stereocenters. The molecule has 0 atom stereocenters. The van der Waals surface area contributed by atoms with Crippen molar-refractivity contribution in [2.24, 2.45) is 0 Å². The number of nitrogens with zero attached hydrogens (tertiary/aromatic N) is 1.